The third-order valence-electron chi connectivity index (χ3n) is 2.42. The molecule has 0 aromatic heterocycles. The van der Waals surface area contributed by atoms with E-state index in [1.54, 1.807) is 19.0 Å². The molecule has 17 heavy (non-hydrogen) atoms. The number of alkyl halides is 2. The molecule has 0 aliphatic heterocycles. The van der Waals surface area contributed by atoms with E-state index in [0.717, 1.165) is 0 Å². The van der Waals surface area contributed by atoms with Crippen LogP contribution < -0.4 is 0 Å². The first-order valence-electron chi connectivity index (χ1n) is 5.20. The summed E-state index contributed by atoms with van der Waals surface area (Å²) in [5.74, 6) is -4.45. The van der Waals surface area contributed by atoms with E-state index >= 15 is 0 Å². The van der Waals surface area contributed by atoms with Gasteiger partial charge in [-0.2, -0.15) is 0 Å². The summed E-state index contributed by atoms with van der Waals surface area (Å²) < 4.78 is 27.7. The minimum Gasteiger partial charge on any atom is -0.478 e. The summed E-state index contributed by atoms with van der Waals surface area (Å²) in [5.41, 5.74) is -0.759. The molecule has 1 aromatic carbocycles. The molecule has 0 heterocycles. The van der Waals surface area contributed by atoms with E-state index in [9.17, 15) is 13.6 Å². The highest BCUT2D eigenvalue weighted by atomic mass is 19.3. The molecule has 0 fully saturated rings. The maximum absolute atomic E-state index is 13.8. The van der Waals surface area contributed by atoms with E-state index in [1.165, 1.54) is 24.3 Å². The number of halogens is 2. The Bertz CT molecular complexity index is 405. The number of hydrogen-bond acceptors (Lipinski definition) is 2. The SMILES string of the molecule is CN(C)CCC(F)(F)c1ccccc1C(=O)O. The smallest absolute Gasteiger partial charge is 0.336 e. The Labute approximate surface area is 98.7 Å². The fourth-order valence-corrected chi connectivity index (χ4v) is 1.49. The van der Waals surface area contributed by atoms with Gasteiger partial charge in [-0.15, -0.1) is 0 Å². The van der Waals surface area contributed by atoms with Crippen LogP contribution in [0.1, 0.15) is 22.3 Å². The van der Waals surface area contributed by atoms with Gasteiger partial charge in [0.05, 0.1) is 5.56 Å². The van der Waals surface area contributed by atoms with Gasteiger partial charge in [0.25, 0.3) is 5.92 Å². The van der Waals surface area contributed by atoms with Crippen molar-refractivity contribution in [3.63, 3.8) is 0 Å². The lowest BCUT2D eigenvalue weighted by atomic mass is 9.99. The van der Waals surface area contributed by atoms with Crippen LogP contribution in [0.15, 0.2) is 24.3 Å². The van der Waals surface area contributed by atoms with Gasteiger partial charge in [-0.05, 0) is 20.2 Å². The molecule has 0 atom stereocenters. The van der Waals surface area contributed by atoms with Crippen molar-refractivity contribution < 1.29 is 18.7 Å². The number of rotatable bonds is 5. The van der Waals surface area contributed by atoms with Crippen LogP contribution in [0.3, 0.4) is 0 Å². The van der Waals surface area contributed by atoms with E-state index in [-0.39, 0.29) is 12.1 Å². The first-order valence-corrected chi connectivity index (χ1v) is 5.20. The monoisotopic (exact) mass is 243 g/mol. The van der Waals surface area contributed by atoms with Crippen molar-refractivity contribution in [2.75, 3.05) is 20.6 Å². The van der Waals surface area contributed by atoms with Gasteiger partial charge < -0.3 is 10.0 Å². The predicted molar refractivity (Wildman–Crippen MR) is 60.5 cm³/mol. The average Bonchev–Trinajstić information content (AvgIpc) is 2.26. The molecule has 0 saturated carbocycles. The van der Waals surface area contributed by atoms with E-state index in [2.05, 4.69) is 0 Å². The van der Waals surface area contributed by atoms with Crippen LogP contribution in [-0.2, 0) is 5.92 Å². The zero-order chi connectivity index (χ0) is 13.1. The lowest BCUT2D eigenvalue weighted by molar-refractivity contribution is -0.0199. The number of hydrogen-bond donors (Lipinski definition) is 1. The van der Waals surface area contributed by atoms with Gasteiger partial charge in [0, 0.05) is 18.5 Å². The number of benzene rings is 1. The second-order valence-corrected chi connectivity index (χ2v) is 4.11. The molecule has 0 unspecified atom stereocenters. The molecular weight excluding hydrogens is 228 g/mol. The summed E-state index contributed by atoms with van der Waals surface area (Å²) in [6.07, 6.45) is -0.399. The Morgan fingerprint density at radius 3 is 2.47 bits per heavy atom. The summed E-state index contributed by atoms with van der Waals surface area (Å²) in [6.45, 7) is 0.195. The normalized spacial score (nSPS) is 11.8. The summed E-state index contributed by atoms with van der Waals surface area (Å²) in [7, 11) is 3.39. The maximum Gasteiger partial charge on any atom is 0.336 e. The van der Waals surface area contributed by atoms with Crippen LogP contribution in [0.2, 0.25) is 0 Å². The molecule has 1 rings (SSSR count). The van der Waals surface area contributed by atoms with Crippen LogP contribution in [0.4, 0.5) is 8.78 Å². The van der Waals surface area contributed by atoms with E-state index in [0.29, 0.717) is 0 Å². The topological polar surface area (TPSA) is 40.5 Å². The van der Waals surface area contributed by atoms with Gasteiger partial charge in [0.2, 0.25) is 0 Å². The molecule has 0 aliphatic rings. The molecule has 1 N–H and O–H groups in total. The van der Waals surface area contributed by atoms with Crippen molar-refractivity contribution in [3.8, 4) is 0 Å². The van der Waals surface area contributed by atoms with E-state index in [1.807, 2.05) is 0 Å². The number of carboxylic acids is 1. The second-order valence-electron chi connectivity index (χ2n) is 4.11. The summed E-state index contributed by atoms with van der Waals surface area (Å²) in [5, 5.41) is 8.86. The molecule has 3 nitrogen and oxygen atoms in total. The molecule has 0 radical (unpaired) electrons. The molecule has 0 saturated heterocycles. The Morgan fingerprint density at radius 1 is 1.35 bits per heavy atom. The molecule has 1 aromatic rings. The van der Waals surface area contributed by atoms with E-state index in [4.69, 9.17) is 5.11 Å². The van der Waals surface area contributed by atoms with Crippen LogP contribution >= 0.6 is 0 Å². The molecule has 0 spiro atoms. The van der Waals surface area contributed by atoms with Gasteiger partial charge in [-0.3, -0.25) is 0 Å². The standard InChI is InChI=1S/C12H15F2NO2/c1-15(2)8-7-12(13,14)10-6-4-3-5-9(10)11(16)17/h3-6H,7-8H2,1-2H3,(H,16,17). The third-order valence-corrected chi connectivity index (χ3v) is 2.42. The lowest BCUT2D eigenvalue weighted by Gasteiger charge is -2.20. The second kappa shape index (κ2) is 5.23. The number of nitrogens with zero attached hydrogens (tertiary/aromatic N) is 1. The molecule has 0 aliphatic carbocycles. The van der Waals surface area contributed by atoms with Crippen LogP contribution in [-0.4, -0.2) is 36.6 Å². The zero-order valence-electron chi connectivity index (χ0n) is 9.78. The summed E-state index contributed by atoms with van der Waals surface area (Å²) >= 11 is 0. The average molecular weight is 243 g/mol. The third kappa shape index (κ3) is 3.49. The number of aromatic carboxylic acids is 1. The van der Waals surface area contributed by atoms with Gasteiger partial charge >= 0.3 is 5.97 Å². The largest absolute Gasteiger partial charge is 0.478 e. The van der Waals surface area contributed by atoms with Crippen LogP contribution in [0.5, 0.6) is 0 Å². The van der Waals surface area contributed by atoms with Crippen molar-refractivity contribution in [1.82, 2.24) is 4.90 Å². The first-order chi connectivity index (χ1) is 7.84. The Balaban J connectivity index is 3.01. The van der Waals surface area contributed by atoms with Crippen molar-refractivity contribution in [3.05, 3.63) is 35.4 Å². The summed E-state index contributed by atoms with van der Waals surface area (Å²) in [6, 6.07) is 5.22. The Morgan fingerprint density at radius 2 is 1.94 bits per heavy atom. The van der Waals surface area contributed by atoms with Gasteiger partial charge in [0.1, 0.15) is 0 Å². The van der Waals surface area contributed by atoms with Gasteiger partial charge in [-0.25, -0.2) is 13.6 Å². The highest BCUT2D eigenvalue weighted by Crippen LogP contribution is 2.33. The predicted octanol–water partition coefficient (Wildman–Crippen LogP) is 2.43. The van der Waals surface area contributed by atoms with E-state index < -0.39 is 23.9 Å². The number of carboxylic acid groups (broad SMARTS) is 1. The van der Waals surface area contributed by atoms with Crippen LogP contribution in [0, 0.1) is 0 Å². The van der Waals surface area contributed by atoms with Crippen molar-refractivity contribution in [2.45, 2.75) is 12.3 Å². The van der Waals surface area contributed by atoms with Crippen LogP contribution in [0.25, 0.3) is 0 Å². The van der Waals surface area contributed by atoms with Crippen molar-refractivity contribution in [2.24, 2.45) is 0 Å². The maximum atomic E-state index is 13.8. The molecule has 94 valence electrons. The lowest BCUT2D eigenvalue weighted by Crippen LogP contribution is -2.24. The molecular formula is C12H15F2NO2. The van der Waals surface area contributed by atoms with Crippen molar-refractivity contribution in [1.29, 1.82) is 0 Å². The van der Waals surface area contributed by atoms with Crippen molar-refractivity contribution >= 4 is 5.97 Å². The number of carbonyl (C=O) groups is 1. The fraction of sp³-hybridized carbons (Fsp3) is 0.417. The Hall–Kier alpha value is -1.49. The minimum absolute atomic E-state index is 0.195. The Kier molecular flexibility index (Phi) is 4.17. The molecule has 0 bridgehead atoms. The minimum atomic E-state index is -3.13. The van der Waals surface area contributed by atoms with Gasteiger partial charge in [0.15, 0.2) is 0 Å². The molecule has 5 heteroatoms. The first kappa shape index (κ1) is 13.6. The van der Waals surface area contributed by atoms with Gasteiger partial charge in [-0.1, -0.05) is 18.2 Å². The highest BCUT2D eigenvalue weighted by Gasteiger charge is 2.34. The zero-order valence-corrected chi connectivity index (χ0v) is 9.78. The molecule has 0 amide bonds. The summed E-state index contributed by atoms with van der Waals surface area (Å²) in [4.78, 5) is 12.5. The quantitative estimate of drug-likeness (QED) is 0.863. The fourth-order valence-electron chi connectivity index (χ4n) is 1.49. The highest BCUT2D eigenvalue weighted by molar-refractivity contribution is 5.89.